The number of carbonyl (C=O) groups is 1. The Balaban J connectivity index is 2.14. The molecule has 0 bridgehead atoms. The predicted octanol–water partition coefficient (Wildman–Crippen LogP) is 3.75. The van der Waals surface area contributed by atoms with Crippen LogP contribution in [-0.4, -0.2) is 23.4 Å². The molecule has 2 aromatic rings. The summed E-state index contributed by atoms with van der Waals surface area (Å²) in [5, 5.41) is 3.01. The van der Waals surface area contributed by atoms with Crippen LogP contribution >= 0.6 is 22.6 Å². The first-order valence-corrected chi connectivity index (χ1v) is 9.18. The number of halogens is 2. The highest BCUT2D eigenvalue weighted by molar-refractivity contribution is 14.1. The summed E-state index contributed by atoms with van der Waals surface area (Å²) in [6.07, 6.45) is 1.50. The summed E-state index contributed by atoms with van der Waals surface area (Å²) < 4.78 is 20.4. The van der Waals surface area contributed by atoms with Crippen LogP contribution in [-0.2, 0) is 9.53 Å². The number of ether oxygens (including phenoxy) is 1. The van der Waals surface area contributed by atoms with E-state index in [4.69, 9.17) is 4.74 Å². The molecule has 1 aliphatic heterocycles. The van der Waals surface area contributed by atoms with E-state index in [2.05, 4.69) is 37.9 Å². The molecular formula is C19H17FIN3O2. The zero-order valence-corrected chi connectivity index (χ0v) is 16.5. The highest BCUT2D eigenvalue weighted by atomic mass is 127. The predicted molar refractivity (Wildman–Crippen MR) is 105 cm³/mol. The van der Waals surface area contributed by atoms with Gasteiger partial charge in [-0.05, 0) is 60.2 Å². The number of allylic oxidation sites excluding steroid dienone is 1. The van der Waals surface area contributed by atoms with E-state index in [1.807, 2.05) is 24.3 Å². The fourth-order valence-electron chi connectivity index (χ4n) is 2.75. The van der Waals surface area contributed by atoms with Crippen LogP contribution in [0.5, 0.6) is 0 Å². The summed E-state index contributed by atoms with van der Waals surface area (Å²) in [6, 6.07) is 9.89. The molecule has 134 valence electrons. The maximum atomic E-state index is 14.2. The van der Waals surface area contributed by atoms with Crippen LogP contribution in [0.25, 0.3) is 0 Å². The topological polar surface area (TPSA) is 63.6 Å². The number of pyridine rings is 1. The molecule has 1 unspecified atom stereocenters. The van der Waals surface area contributed by atoms with Crippen LogP contribution in [0.15, 0.2) is 58.9 Å². The Bertz CT molecular complexity index is 911. The summed E-state index contributed by atoms with van der Waals surface area (Å²) >= 11 is 2.20. The van der Waals surface area contributed by atoms with Gasteiger partial charge >= 0.3 is 5.97 Å². The average molecular weight is 465 g/mol. The van der Waals surface area contributed by atoms with Gasteiger partial charge in [-0.3, -0.25) is 4.99 Å². The number of aliphatic imine (C=N–C) groups is 1. The number of esters is 1. The molecule has 7 heteroatoms. The third-order valence-corrected chi connectivity index (χ3v) is 4.90. The number of nitrogens with one attached hydrogen (secondary N) is 1. The molecule has 2 heterocycles. The van der Waals surface area contributed by atoms with Crippen molar-refractivity contribution in [2.75, 3.05) is 6.61 Å². The van der Waals surface area contributed by atoms with Gasteiger partial charge in [0.2, 0.25) is 0 Å². The van der Waals surface area contributed by atoms with Crippen molar-refractivity contribution in [2.24, 2.45) is 4.99 Å². The zero-order valence-electron chi connectivity index (χ0n) is 14.3. The van der Waals surface area contributed by atoms with Gasteiger partial charge in [-0.2, -0.15) is 0 Å². The monoisotopic (exact) mass is 465 g/mol. The average Bonchev–Trinajstić information content (AvgIpc) is 2.62. The van der Waals surface area contributed by atoms with Crippen LogP contribution < -0.4 is 5.32 Å². The molecule has 0 fully saturated rings. The molecule has 0 amide bonds. The van der Waals surface area contributed by atoms with E-state index in [9.17, 15) is 9.18 Å². The lowest BCUT2D eigenvalue weighted by molar-refractivity contribution is -0.138. The van der Waals surface area contributed by atoms with E-state index in [0.717, 1.165) is 9.13 Å². The summed E-state index contributed by atoms with van der Waals surface area (Å²) in [5.41, 5.74) is 1.95. The van der Waals surface area contributed by atoms with Crippen molar-refractivity contribution >= 4 is 34.4 Å². The molecule has 0 aliphatic carbocycles. The SMILES string of the molecule is CCOC(=O)C1=C(C)NC(c2ncccc2F)=NC1c1ccccc1I. The minimum Gasteiger partial charge on any atom is -0.463 e. The Morgan fingerprint density at radius 1 is 1.31 bits per heavy atom. The van der Waals surface area contributed by atoms with Crippen LogP contribution in [0.1, 0.15) is 31.1 Å². The lowest BCUT2D eigenvalue weighted by atomic mass is 9.96. The lowest BCUT2D eigenvalue weighted by Crippen LogP contribution is -2.34. The molecule has 5 nitrogen and oxygen atoms in total. The van der Waals surface area contributed by atoms with Crippen LogP contribution in [0.3, 0.4) is 0 Å². The smallest absolute Gasteiger partial charge is 0.338 e. The molecule has 0 saturated carbocycles. The first kappa shape index (κ1) is 18.5. The molecule has 1 aromatic heterocycles. The molecule has 0 saturated heterocycles. The second-order valence-electron chi connectivity index (χ2n) is 5.62. The minimum absolute atomic E-state index is 0.116. The largest absolute Gasteiger partial charge is 0.463 e. The van der Waals surface area contributed by atoms with Gasteiger partial charge in [0.1, 0.15) is 11.7 Å². The number of nitrogens with zero attached hydrogens (tertiary/aromatic N) is 2. The summed E-state index contributed by atoms with van der Waals surface area (Å²) in [5.74, 6) is -0.627. The first-order valence-electron chi connectivity index (χ1n) is 8.11. The third-order valence-electron chi connectivity index (χ3n) is 3.92. The van der Waals surface area contributed by atoms with Crippen molar-refractivity contribution in [1.29, 1.82) is 0 Å². The van der Waals surface area contributed by atoms with Crippen LogP contribution in [0.2, 0.25) is 0 Å². The molecule has 1 aliphatic rings. The highest BCUT2D eigenvalue weighted by Gasteiger charge is 2.32. The maximum Gasteiger partial charge on any atom is 0.338 e. The van der Waals surface area contributed by atoms with Gasteiger partial charge in [-0.15, -0.1) is 0 Å². The van der Waals surface area contributed by atoms with Gasteiger partial charge in [-0.25, -0.2) is 14.2 Å². The molecule has 0 spiro atoms. The van der Waals surface area contributed by atoms with Crippen molar-refractivity contribution in [3.8, 4) is 0 Å². The summed E-state index contributed by atoms with van der Waals surface area (Å²) in [6.45, 7) is 3.77. The first-order chi connectivity index (χ1) is 12.5. The van der Waals surface area contributed by atoms with Gasteiger partial charge in [0.25, 0.3) is 0 Å². The Labute approximate surface area is 164 Å². The Hall–Kier alpha value is -2.29. The van der Waals surface area contributed by atoms with E-state index in [1.54, 1.807) is 13.8 Å². The van der Waals surface area contributed by atoms with E-state index in [-0.39, 0.29) is 12.3 Å². The highest BCUT2D eigenvalue weighted by Crippen LogP contribution is 2.34. The van der Waals surface area contributed by atoms with Gasteiger partial charge in [0.15, 0.2) is 11.7 Å². The number of rotatable bonds is 4. The second-order valence-corrected chi connectivity index (χ2v) is 6.78. The van der Waals surface area contributed by atoms with Gasteiger partial charge in [0, 0.05) is 15.5 Å². The van der Waals surface area contributed by atoms with E-state index >= 15 is 0 Å². The Morgan fingerprint density at radius 2 is 2.08 bits per heavy atom. The second kappa shape index (κ2) is 7.94. The van der Waals surface area contributed by atoms with Crippen LogP contribution in [0, 0.1) is 9.39 Å². The standard InChI is InChI=1S/C19H17FIN3O2/c1-3-26-19(25)15-11(2)23-18(17-13(20)8-6-10-22-17)24-16(15)12-7-4-5-9-14(12)21/h4-10,16H,3H2,1-2H3,(H,23,24). The molecule has 26 heavy (non-hydrogen) atoms. The number of amidine groups is 1. The van der Waals surface area contributed by atoms with E-state index in [1.165, 1.54) is 18.3 Å². The van der Waals surface area contributed by atoms with Crippen molar-refractivity contribution in [3.63, 3.8) is 0 Å². The number of hydrogen-bond donors (Lipinski definition) is 1. The minimum atomic E-state index is -0.597. The quantitative estimate of drug-likeness (QED) is 0.552. The van der Waals surface area contributed by atoms with Crippen molar-refractivity contribution in [3.05, 3.63) is 74.5 Å². The molecule has 1 N–H and O–H groups in total. The van der Waals surface area contributed by atoms with Crippen LogP contribution in [0.4, 0.5) is 4.39 Å². The third kappa shape index (κ3) is 3.62. The number of benzene rings is 1. The maximum absolute atomic E-state index is 14.2. The molecule has 1 aromatic carbocycles. The van der Waals surface area contributed by atoms with Crippen molar-refractivity contribution in [2.45, 2.75) is 19.9 Å². The van der Waals surface area contributed by atoms with Crippen molar-refractivity contribution in [1.82, 2.24) is 10.3 Å². The number of hydrogen-bond acceptors (Lipinski definition) is 5. The Morgan fingerprint density at radius 3 is 2.77 bits per heavy atom. The summed E-state index contributed by atoms with van der Waals surface area (Å²) in [4.78, 5) is 21.2. The number of carbonyl (C=O) groups excluding carboxylic acids is 1. The fraction of sp³-hybridized carbons (Fsp3) is 0.211. The normalized spacial score (nSPS) is 16.8. The molecular weight excluding hydrogens is 448 g/mol. The molecule has 1 atom stereocenters. The Kier molecular flexibility index (Phi) is 5.65. The lowest BCUT2D eigenvalue weighted by Gasteiger charge is -2.26. The van der Waals surface area contributed by atoms with Gasteiger partial charge in [-0.1, -0.05) is 18.2 Å². The van der Waals surface area contributed by atoms with Gasteiger partial charge < -0.3 is 10.1 Å². The zero-order chi connectivity index (χ0) is 18.7. The molecule has 0 radical (unpaired) electrons. The fourth-order valence-corrected chi connectivity index (χ4v) is 3.43. The van der Waals surface area contributed by atoms with E-state index in [0.29, 0.717) is 17.1 Å². The van der Waals surface area contributed by atoms with Crippen molar-refractivity contribution < 1.29 is 13.9 Å². The van der Waals surface area contributed by atoms with E-state index < -0.39 is 17.8 Å². The van der Waals surface area contributed by atoms with Gasteiger partial charge in [0.05, 0.1) is 12.2 Å². The number of aromatic nitrogens is 1. The molecule has 3 rings (SSSR count). The summed E-state index contributed by atoms with van der Waals surface area (Å²) in [7, 11) is 0.